The maximum Gasteiger partial charge on any atom is 0.307 e. The second-order valence-corrected chi connectivity index (χ2v) is 2.73. The first-order valence-corrected chi connectivity index (χ1v) is 4.12. The van der Waals surface area contributed by atoms with Gasteiger partial charge in [0.2, 0.25) is 0 Å². The molecule has 5 heteroatoms. The van der Waals surface area contributed by atoms with E-state index < -0.39 is 5.97 Å². The quantitative estimate of drug-likeness (QED) is 0.240. The zero-order chi connectivity index (χ0) is 11.3. The van der Waals surface area contributed by atoms with Gasteiger partial charge in [-0.05, 0) is 12.2 Å². The van der Waals surface area contributed by atoms with E-state index in [9.17, 15) is 9.59 Å². The molecule has 0 heterocycles. The fourth-order valence-electron chi connectivity index (χ4n) is 1.03. The van der Waals surface area contributed by atoms with Crippen molar-refractivity contribution in [2.75, 3.05) is 0 Å². The first-order chi connectivity index (χ1) is 7.19. The van der Waals surface area contributed by atoms with Crippen LogP contribution in [0.4, 0.5) is 0 Å². The predicted molar refractivity (Wildman–Crippen MR) is 52.4 cm³/mol. The number of rotatable bonds is 2. The molecule has 0 fully saturated rings. The molecule has 5 nitrogen and oxygen atoms in total. The molecular weight excluding hydrogens is 198 g/mol. The Kier molecular flexibility index (Phi) is 3.56. The van der Waals surface area contributed by atoms with Gasteiger partial charge in [-0.2, -0.15) is 0 Å². The highest BCUT2D eigenvalue weighted by molar-refractivity contribution is 6.24. The molecule has 78 valence electrons. The van der Waals surface area contributed by atoms with Crippen LogP contribution in [0.2, 0.25) is 0 Å². The number of oxime groups is 1. The number of hydrogen-bond acceptors (Lipinski definition) is 5. The fraction of sp³-hybridized carbons (Fsp3) is 0.100. The molecular formula is C10H9NO4. The lowest BCUT2D eigenvalue weighted by Crippen LogP contribution is -2.10. The highest BCUT2D eigenvalue weighted by Crippen LogP contribution is 2.14. The number of carbonyl (C=O) groups excluding carboxylic acids is 2. The minimum absolute atomic E-state index is 0.0775. The summed E-state index contributed by atoms with van der Waals surface area (Å²) >= 11 is 0. The molecule has 1 N–H and O–H groups in total. The highest BCUT2D eigenvalue weighted by Gasteiger charge is 2.14. The van der Waals surface area contributed by atoms with Crippen molar-refractivity contribution in [2.45, 2.75) is 6.92 Å². The number of esters is 1. The zero-order valence-electron chi connectivity index (χ0n) is 8.01. The number of hydrogen-bond donors (Lipinski definition) is 1. The van der Waals surface area contributed by atoms with Crippen molar-refractivity contribution in [1.29, 1.82) is 0 Å². The van der Waals surface area contributed by atoms with E-state index >= 15 is 0 Å². The topological polar surface area (TPSA) is 76.0 Å². The number of nitrogens with zero attached hydrogens (tertiary/aromatic N) is 1. The van der Waals surface area contributed by atoms with E-state index in [1.807, 2.05) is 0 Å². The summed E-state index contributed by atoms with van der Waals surface area (Å²) in [6.07, 6.45) is 6.33. The van der Waals surface area contributed by atoms with E-state index in [0.29, 0.717) is 11.9 Å². The number of allylic oxidation sites excluding steroid dienone is 5. The summed E-state index contributed by atoms with van der Waals surface area (Å²) in [5.41, 5.74) is 0.657. The number of carbonyl (C=O) groups is 2. The minimum atomic E-state index is -0.490. The third kappa shape index (κ3) is 2.63. The maximum absolute atomic E-state index is 10.6. The Balaban J connectivity index is 2.98. The van der Waals surface area contributed by atoms with Crippen LogP contribution in [0, 0.1) is 0 Å². The summed E-state index contributed by atoms with van der Waals surface area (Å²) in [4.78, 5) is 21.1. The molecule has 0 spiro atoms. The van der Waals surface area contributed by atoms with Crippen LogP contribution in [0.15, 0.2) is 40.8 Å². The molecule has 0 aromatic carbocycles. The van der Waals surface area contributed by atoms with Gasteiger partial charge in [0.05, 0.1) is 0 Å². The predicted octanol–water partition coefficient (Wildman–Crippen LogP) is 0.959. The van der Waals surface area contributed by atoms with E-state index in [-0.39, 0.29) is 11.3 Å². The molecule has 15 heavy (non-hydrogen) atoms. The molecule has 1 aliphatic carbocycles. The van der Waals surface area contributed by atoms with Gasteiger partial charge < -0.3 is 9.94 Å². The second kappa shape index (κ2) is 4.90. The van der Waals surface area contributed by atoms with Crippen molar-refractivity contribution in [3.8, 4) is 0 Å². The van der Waals surface area contributed by atoms with Crippen LogP contribution in [0.3, 0.4) is 0 Å². The van der Waals surface area contributed by atoms with Crippen molar-refractivity contribution in [1.82, 2.24) is 0 Å². The average Bonchev–Trinajstić information content (AvgIpc) is 2.25. The summed E-state index contributed by atoms with van der Waals surface area (Å²) in [5, 5.41) is 11.7. The molecule has 0 aromatic heterocycles. The first kappa shape index (κ1) is 10.9. The largest absolute Gasteiger partial charge is 0.434 e. The second-order valence-electron chi connectivity index (χ2n) is 2.73. The SMILES string of the molecule is CC(=O)O/C=C1\C=CC=C(C=O)\C1=N\O. The molecule has 0 saturated carbocycles. The van der Waals surface area contributed by atoms with Crippen LogP contribution in [0.5, 0.6) is 0 Å². The van der Waals surface area contributed by atoms with Crippen molar-refractivity contribution >= 4 is 18.0 Å². The van der Waals surface area contributed by atoms with Gasteiger partial charge in [-0.25, -0.2) is 0 Å². The molecule has 0 aromatic rings. The first-order valence-electron chi connectivity index (χ1n) is 4.12. The lowest BCUT2D eigenvalue weighted by Gasteiger charge is -2.07. The van der Waals surface area contributed by atoms with E-state index in [4.69, 9.17) is 5.21 Å². The van der Waals surface area contributed by atoms with Gasteiger partial charge in [-0.1, -0.05) is 11.2 Å². The third-order valence-corrected chi connectivity index (χ3v) is 1.68. The van der Waals surface area contributed by atoms with Crippen molar-refractivity contribution in [3.63, 3.8) is 0 Å². The van der Waals surface area contributed by atoms with Crippen LogP contribution in [-0.2, 0) is 14.3 Å². The van der Waals surface area contributed by atoms with Crippen LogP contribution in [-0.4, -0.2) is 23.2 Å². The molecule has 0 unspecified atom stereocenters. The van der Waals surface area contributed by atoms with Gasteiger partial charge in [-0.15, -0.1) is 0 Å². The molecule has 0 bridgehead atoms. The Morgan fingerprint density at radius 2 is 2.33 bits per heavy atom. The molecule has 0 amide bonds. The van der Waals surface area contributed by atoms with Gasteiger partial charge >= 0.3 is 5.97 Å². The van der Waals surface area contributed by atoms with E-state index in [2.05, 4.69) is 9.89 Å². The summed E-state index contributed by atoms with van der Waals surface area (Å²) in [5.74, 6) is -0.490. The Hall–Kier alpha value is -2.17. The summed E-state index contributed by atoms with van der Waals surface area (Å²) in [6, 6.07) is 0. The van der Waals surface area contributed by atoms with Crippen molar-refractivity contribution < 1.29 is 19.5 Å². The smallest absolute Gasteiger partial charge is 0.307 e. The molecule has 0 radical (unpaired) electrons. The molecule has 0 aliphatic heterocycles. The van der Waals surface area contributed by atoms with Crippen molar-refractivity contribution in [3.05, 3.63) is 35.6 Å². The van der Waals surface area contributed by atoms with Crippen LogP contribution >= 0.6 is 0 Å². The standard InChI is InChI=1S/C10H9NO4/c1-7(13)15-6-9-4-2-3-8(5-12)10(9)11-14/h2-6,14H,1H3/b9-6+,11-10-. The molecule has 0 atom stereocenters. The van der Waals surface area contributed by atoms with Crippen LogP contribution in [0.25, 0.3) is 0 Å². The van der Waals surface area contributed by atoms with E-state index in [0.717, 1.165) is 6.26 Å². The molecule has 1 aliphatic rings. The Morgan fingerprint density at radius 1 is 1.60 bits per heavy atom. The summed E-state index contributed by atoms with van der Waals surface area (Å²) in [6.45, 7) is 1.25. The Morgan fingerprint density at radius 3 is 2.87 bits per heavy atom. The monoisotopic (exact) mass is 207 g/mol. The maximum atomic E-state index is 10.6. The highest BCUT2D eigenvalue weighted by atomic mass is 16.5. The Labute approximate surface area is 86.0 Å². The van der Waals surface area contributed by atoms with Crippen molar-refractivity contribution in [2.24, 2.45) is 5.16 Å². The molecule has 0 saturated heterocycles. The van der Waals surface area contributed by atoms with E-state index in [1.54, 1.807) is 12.2 Å². The zero-order valence-corrected chi connectivity index (χ0v) is 8.01. The minimum Gasteiger partial charge on any atom is -0.434 e. The lowest BCUT2D eigenvalue weighted by atomic mass is 9.99. The van der Waals surface area contributed by atoms with Gasteiger partial charge in [0.25, 0.3) is 0 Å². The normalized spacial score (nSPS) is 20.2. The van der Waals surface area contributed by atoms with E-state index in [1.165, 1.54) is 13.0 Å². The number of aldehydes is 1. The Bertz CT molecular complexity index is 402. The lowest BCUT2D eigenvalue weighted by molar-refractivity contribution is -0.135. The fourth-order valence-corrected chi connectivity index (χ4v) is 1.03. The average molecular weight is 207 g/mol. The van der Waals surface area contributed by atoms with Gasteiger partial charge in [0.15, 0.2) is 6.29 Å². The summed E-state index contributed by atoms with van der Waals surface area (Å²) < 4.78 is 4.62. The van der Waals surface area contributed by atoms with Crippen LogP contribution < -0.4 is 0 Å². The van der Waals surface area contributed by atoms with Gasteiger partial charge in [0, 0.05) is 18.1 Å². The van der Waals surface area contributed by atoms with Crippen LogP contribution in [0.1, 0.15) is 6.92 Å². The number of ether oxygens (including phenoxy) is 1. The summed E-state index contributed by atoms with van der Waals surface area (Å²) in [7, 11) is 0. The van der Waals surface area contributed by atoms with Gasteiger partial charge in [-0.3, -0.25) is 9.59 Å². The molecule has 1 rings (SSSR count). The van der Waals surface area contributed by atoms with Gasteiger partial charge in [0.1, 0.15) is 12.0 Å². The third-order valence-electron chi connectivity index (χ3n) is 1.68.